The van der Waals surface area contributed by atoms with Crippen molar-refractivity contribution in [1.29, 1.82) is 0 Å². The van der Waals surface area contributed by atoms with Crippen LogP contribution < -0.4 is 0 Å². The summed E-state index contributed by atoms with van der Waals surface area (Å²) in [6.07, 6.45) is 0.537. The fourth-order valence-electron chi connectivity index (χ4n) is 0.948. The standard InChI is InChI=1S/C9H19NO3/c1-4-6-7-10(5-2)9(12)13-8(3)11/h8,11H,4-7H2,1-3H3. The first kappa shape index (κ1) is 12.2. The summed E-state index contributed by atoms with van der Waals surface area (Å²) in [6.45, 7) is 6.68. The Morgan fingerprint density at radius 2 is 2.15 bits per heavy atom. The minimum atomic E-state index is -1.02. The van der Waals surface area contributed by atoms with E-state index >= 15 is 0 Å². The molecule has 4 nitrogen and oxygen atoms in total. The molecule has 1 atom stereocenters. The van der Waals surface area contributed by atoms with Crippen molar-refractivity contribution in [2.45, 2.75) is 39.9 Å². The van der Waals surface area contributed by atoms with Crippen molar-refractivity contribution in [1.82, 2.24) is 4.90 Å². The number of nitrogens with zero attached hydrogens (tertiary/aromatic N) is 1. The smallest absolute Gasteiger partial charge is 0.412 e. The van der Waals surface area contributed by atoms with Gasteiger partial charge in [-0.1, -0.05) is 13.3 Å². The molecule has 0 aliphatic heterocycles. The fraction of sp³-hybridized carbons (Fsp3) is 0.889. The van der Waals surface area contributed by atoms with Crippen molar-refractivity contribution in [3.8, 4) is 0 Å². The quantitative estimate of drug-likeness (QED) is 0.668. The molecular formula is C9H19NO3. The third-order valence-corrected chi connectivity index (χ3v) is 1.69. The summed E-state index contributed by atoms with van der Waals surface area (Å²) in [7, 11) is 0. The van der Waals surface area contributed by atoms with Gasteiger partial charge in [0.1, 0.15) is 0 Å². The maximum atomic E-state index is 11.2. The van der Waals surface area contributed by atoms with Crippen LogP contribution >= 0.6 is 0 Å². The first-order chi connectivity index (χ1) is 6.11. The molecule has 0 saturated carbocycles. The minimum Gasteiger partial charge on any atom is -0.420 e. The highest BCUT2D eigenvalue weighted by molar-refractivity contribution is 5.67. The van der Waals surface area contributed by atoms with E-state index in [1.165, 1.54) is 6.92 Å². The molecule has 0 bridgehead atoms. The predicted octanol–water partition coefficient (Wildman–Crippen LogP) is 1.58. The number of ether oxygens (including phenoxy) is 1. The van der Waals surface area contributed by atoms with E-state index in [4.69, 9.17) is 5.11 Å². The number of aliphatic hydroxyl groups excluding tert-OH is 1. The second kappa shape index (κ2) is 6.71. The average Bonchev–Trinajstić information content (AvgIpc) is 2.04. The molecule has 0 rings (SSSR count). The molecule has 1 amide bonds. The van der Waals surface area contributed by atoms with E-state index in [1.54, 1.807) is 4.90 Å². The normalized spacial score (nSPS) is 12.3. The number of hydrogen-bond donors (Lipinski definition) is 1. The Kier molecular flexibility index (Phi) is 6.32. The van der Waals surface area contributed by atoms with Crippen molar-refractivity contribution < 1.29 is 14.6 Å². The highest BCUT2D eigenvalue weighted by atomic mass is 16.6. The summed E-state index contributed by atoms with van der Waals surface area (Å²) in [5.41, 5.74) is 0. The Morgan fingerprint density at radius 1 is 1.54 bits per heavy atom. The SMILES string of the molecule is CCCCN(CC)C(=O)OC(C)O. The van der Waals surface area contributed by atoms with Crippen LogP contribution in [-0.4, -0.2) is 35.5 Å². The van der Waals surface area contributed by atoms with Crippen LogP contribution in [0.1, 0.15) is 33.6 Å². The molecule has 0 saturated heterocycles. The van der Waals surface area contributed by atoms with Gasteiger partial charge < -0.3 is 14.7 Å². The zero-order valence-electron chi connectivity index (χ0n) is 8.62. The van der Waals surface area contributed by atoms with Crippen LogP contribution in [0.2, 0.25) is 0 Å². The van der Waals surface area contributed by atoms with Gasteiger partial charge in [-0.25, -0.2) is 4.79 Å². The molecule has 0 aliphatic carbocycles. The van der Waals surface area contributed by atoms with Gasteiger partial charge in [-0.15, -0.1) is 0 Å². The molecule has 0 fully saturated rings. The maximum Gasteiger partial charge on any atom is 0.412 e. The lowest BCUT2D eigenvalue weighted by molar-refractivity contribution is -0.0503. The largest absolute Gasteiger partial charge is 0.420 e. The van der Waals surface area contributed by atoms with E-state index in [9.17, 15) is 4.79 Å². The first-order valence-corrected chi connectivity index (χ1v) is 4.75. The molecule has 1 N–H and O–H groups in total. The van der Waals surface area contributed by atoms with Crippen LogP contribution in [0, 0.1) is 0 Å². The van der Waals surface area contributed by atoms with Crippen molar-refractivity contribution in [2.75, 3.05) is 13.1 Å². The number of carbonyl (C=O) groups excluding carboxylic acids is 1. The number of aliphatic hydroxyl groups is 1. The highest BCUT2D eigenvalue weighted by Crippen LogP contribution is 1.99. The van der Waals surface area contributed by atoms with E-state index in [0.717, 1.165) is 12.8 Å². The van der Waals surface area contributed by atoms with E-state index in [1.807, 2.05) is 6.92 Å². The number of carbonyl (C=O) groups is 1. The van der Waals surface area contributed by atoms with Gasteiger partial charge in [0.25, 0.3) is 0 Å². The van der Waals surface area contributed by atoms with Crippen LogP contribution in [0.25, 0.3) is 0 Å². The Bertz CT molecular complexity index is 148. The molecule has 0 aromatic heterocycles. The lowest BCUT2D eigenvalue weighted by Gasteiger charge is -2.20. The minimum absolute atomic E-state index is 0.439. The molecule has 13 heavy (non-hydrogen) atoms. The zero-order chi connectivity index (χ0) is 10.3. The molecule has 0 aromatic rings. The number of rotatable bonds is 5. The number of hydrogen-bond acceptors (Lipinski definition) is 3. The number of unbranched alkanes of at least 4 members (excludes halogenated alkanes) is 1. The van der Waals surface area contributed by atoms with E-state index < -0.39 is 12.4 Å². The number of amides is 1. The van der Waals surface area contributed by atoms with Gasteiger partial charge in [0.05, 0.1) is 0 Å². The second-order valence-corrected chi connectivity index (χ2v) is 2.92. The highest BCUT2D eigenvalue weighted by Gasteiger charge is 2.13. The fourth-order valence-corrected chi connectivity index (χ4v) is 0.948. The van der Waals surface area contributed by atoms with Crippen molar-refractivity contribution in [3.63, 3.8) is 0 Å². The van der Waals surface area contributed by atoms with Gasteiger partial charge in [0.15, 0.2) is 6.29 Å². The molecule has 1 unspecified atom stereocenters. The molecule has 78 valence electrons. The Labute approximate surface area is 79.5 Å². The van der Waals surface area contributed by atoms with Crippen molar-refractivity contribution >= 4 is 6.09 Å². The summed E-state index contributed by atoms with van der Waals surface area (Å²) in [6, 6.07) is 0. The molecule has 0 radical (unpaired) electrons. The molecule has 0 heterocycles. The summed E-state index contributed by atoms with van der Waals surface area (Å²) in [5.74, 6) is 0. The predicted molar refractivity (Wildman–Crippen MR) is 50.3 cm³/mol. The second-order valence-electron chi connectivity index (χ2n) is 2.92. The van der Waals surface area contributed by atoms with Crippen LogP contribution in [0.5, 0.6) is 0 Å². The van der Waals surface area contributed by atoms with E-state index in [-0.39, 0.29) is 0 Å². The summed E-state index contributed by atoms with van der Waals surface area (Å²) < 4.78 is 4.64. The van der Waals surface area contributed by atoms with Crippen molar-refractivity contribution in [3.05, 3.63) is 0 Å². The van der Waals surface area contributed by atoms with Crippen LogP contribution in [0.4, 0.5) is 4.79 Å². The van der Waals surface area contributed by atoms with E-state index in [0.29, 0.717) is 13.1 Å². The molecule has 0 aliphatic rings. The van der Waals surface area contributed by atoms with Gasteiger partial charge in [0.2, 0.25) is 0 Å². The summed E-state index contributed by atoms with van der Waals surface area (Å²) in [4.78, 5) is 12.8. The third kappa shape index (κ3) is 5.47. The summed E-state index contributed by atoms with van der Waals surface area (Å²) in [5, 5.41) is 8.82. The maximum absolute atomic E-state index is 11.2. The van der Waals surface area contributed by atoms with Crippen LogP contribution in [-0.2, 0) is 4.74 Å². The first-order valence-electron chi connectivity index (χ1n) is 4.75. The lowest BCUT2D eigenvalue weighted by Crippen LogP contribution is -2.34. The van der Waals surface area contributed by atoms with Gasteiger partial charge in [-0.05, 0) is 20.3 Å². The van der Waals surface area contributed by atoms with Gasteiger partial charge in [0, 0.05) is 13.1 Å². The third-order valence-electron chi connectivity index (χ3n) is 1.69. The summed E-state index contributed by atoms with van der Waals surface area (Å²) >= 11 is 0. The Balaban J connectivity index is 3.84. The van der Waals surface area contributed by atoms with Gasteiger partial charge >= 0.3 is 6.09 Å². The Morgan fingerprint density at radius 3 is 2.54 bits per heavy atom. The average molecular weight is 189 g/mol. The van der Waals surface area contributed by atoms with Crippen LogP contribution in [0.15, 0.2) is 0 Å². The van der Waals surface area contributed by atoms with Gasteiger partial charge in [-0.2, -0.15) is 0 Å². The molecular weight excluding hydrogens is 170 g/mol. The molecule has 0 spiro atoms. The molecule has 4 heteroatoms. The monoisotopic (exact) mass is 189 g/mol. The van der Waals surface area contributed by atoms with Gasteiger partial charge in [-0.3, -0.25) is 0 Å². The zero-order valence-corrected chi connectivity index (χ0v) is 8.62. The van der Waals surface area contributed by atoms with E-state index in [2.05, 4.69) is 11.7 Å². The van der Waals surface area contributed by atoms with Crippen LogP contribution in [0.3, 0.4) is 0 Å². The molecule has 0 aromatic carbocycles. The lowest BCUT2D eigenvalue weighted by atomic mass is 10.3. The Hall–Kier alpha value is -0.770. The topological polar surface area (TPSA) is 49.8 Å². The van der Waals surface area contributed by atoms with Crippen molar-refractivity contribution in [2.24, 2.45) is 0 Å².